The summed E-state index contributed by atoms with van der Waals surface area (Å²) in [6, 6.07) is 7.37. The molecular weight excluding hydrogens is 269 g/mol. The van der Waals surface area contributed by atoms with Crippen molar-refractivity contribution in [2.45, 2.75) is 0 Å². The van der Waals surface area contributed by atoms with Gasteiger partial charge in [-0.05, 0) is 31.5 Å². The van der Waals surface area contributed by atoms with Gasteiger partial charge in [0.1, 0.15) is 18.6 Å². The number of nitrogens with one attached hydrogen (secondary N) is 1. The summed E-state index contributed by atoms with van der Waals surface area (Å²) in [5.74, 6) is -1.32. The molecule has 0 amide bonds. The number of pyridine rings is 1. The summed E-state index contributed by atoms with van der Waals surface area (Å²) < 4.78 is 39.5. The van der Waals surface area contributed by atoms with Gasteiger partial charge in [-0.3, -0.25) is 0 Å². The molecule has 0 radical (unpaired) electrons. The average molecular weight is 282 g/mol. The van der Waals surface area contributed by atoms with E-state index in [1.165, 1.54) is 43.8 Å². The third kappa shape index (κ3) is 2.99. The van der Waals surface area contributed by atoms with Gasteiger partial charge >= 0.3 is 0 Å². The Morgan fingerprint density at radius 2 is 1.84 bits per heavy atom. The van der Waals surface area contributed by atoms with E-state index < -0.39 is 18.9 Å². The van der Waals surface area contributed by atoms with Crippen molar-refractivity contribution in [3.05, 3.63) is 48.3 Å². The van der Waals surface area contributed by atoms with Crippen LogP contribution in [0.1, 0.15) is 0 Å². The lowest BCUT2D eigenvalue weighted by atomic mass is 10.3. The first-order valence-corrected chi connectivity index (χ1v) is 8.21. The molecule has 1 aromatic heterocycles. The lowest BCUT2D eigenvalue weighted by Crippen LogP contribution is -2.13. The van der Waals surface area contributed by atoms with Crippen LogP contribution >= 0.6 is 7.14 Å². The van der Waals surface area contributed by atoms with Crippen LogP contribution in [0.5, 0.6) is 0 Å². The van der Waals surface area contributed by atoms with Crippen LogP contribution in [-0.2, 0) is 4.57 Å². The Balaban J connectivity index is 2.52. The highest BCUT2D eigenvalue weighted by Crippen LogP contribution is 2.38. The molecule has 0 spiro atoms. The molecular formula is C13H13F2N2OP. The monoisotopic (exact) mass is 282 g/mol. The third-order valence-electron chi connectivity index (χ3n) is 2.60. The molecule has 100 valence electrons. The number of para-hydroxylation sites is 1. The van der Waals surface area contributed by atoms with Crippen LogP contribution in [0, 0.1) is 11.8 Å². The van der Waals surface area contributed by atoms with E-state index in [-0.39, 0.29) is 11.4 Å². The Hall–Kier alpha value is -1.74. The van der Waals surface area contributed by atoms with Gasteiger partial charge in [0, 0.05) is 11.5 Å². The number of rotatable bonds is 3. The van der Waals surface area contributed by atoms with E-state index in [0.29, 0.717) is 5.30 Å². The first-order valence-electron chi connectivity index (χ1n) is 5.61. The van der Waals surface area contributed by atoms with Crippen molar-refractivity contribution in [1.29, 1.82) is 0 Å². The SMILES string of the molecule is CP(C)(=O)c1ccnc(F)c1Nc1ccccc1F. The van der Waals surface area contributed by atoms with E-state index in [2.05, 4.69) is 10.3 Å². The molecule has 0 unspecified atom stereocenters. The maximum Gasteiger partial charge on any atom is 0.237 e. The normalized spacial score (nSPS) is 11.4. The Labute approximate surface area is 110 Å². The van der Waals surface area contributed by atoms with Gasteiger partial charge in [0.25, 0.3) is 0 Å². The van der Waals surface area contributed by atoms with Crippen LogP contribution in [0.2, 0.25) is 0 Å². The maximum atomic E-state index is 13.8. The van der Waals surface area contributed by atoms with Crippen LogP contribution in [0.25, 0.3) is 0 Å². The molecule has 0 bridgehead atoms. The molecule has 0 saturated heterocycles. The summed E-state index contributed by atoms with van der Waals surface area (Å²) in [4.78, 5) is 3.51. The van der Waals surface area contributed by atoms with E-state index in [1.807, 2.05) is 0 Å². The molecule has 1 heterocycles. The van der Waals surface area contributed by atoms with Gasteiger partial charge in [-0.15, -0.1) is 0 Å². The van der Waals surface area contributed by atoms with E-state index in [9.17, 15) is 13.3 Å². The molecule has 0 aliphatic carbocycles. The number of benzene rings is 1. The largest absolute Gasteiger partial charge is 0.349 e. The van der Waals surface area contributed by atoms with Gasteiger partial charge in [-0.1, -0.05) is 12.1 Å². The highest BCUT2D eigenvalue weighted by molar-refractivity contribution is 7.70. The molecule has 19 heavy (non-hydrogen) atoms. The van der Waals surface area contributed by atoms with Crippen LogP contribution in [-0.4, -0.2) is 18.3 Å². The summed E-state index contributed by atoms with van der Waals surface area (Å²) in [6.07, 6.45) is 1.25. The smallest absolute Gasteiger partial charge is 0.237 e. The van der Waals surface area contributed by atoms with E-state index in [0.717, 1.165) is 0 Å². The standard InChI is InChI=1S/C13H13F2N2OP/c1-19(2,18)11-7-8-16-13(15)12(11)17-10-6-4-3-5-9(10)14/h3-8,17H,1-2H3. The molecule has 1 N–H and O–H groups in total. The van der Waals surface area contributed by atoms with Crippen molar-refractivity contribution in [3.63, 3.8) is 0 Å². The van der Waals surface area contributed by atoms with Crippen LogP contribution in [0.3, 0.4) is 0 Å². The Morgan fingerprint density at radius 3 is 2.47 bits per heavy atom. The zero-order chi connectivity index (χ0) is 14.0. The fourth-order valence-corrected chi connectivity index (χ4v) is 2.80. The lowest BCUT2D eigenvalue weighted by molar-refractivity contribution is 0.582. The van der Waals surface area contributed by atoms with Gasteiger partial charge < -0.3 is 9.88 Å². The summed E-state index contributed by atoms with van der Waals surface area (Å²) in [7, 11) is -2.70. The van der Waals surface area contributed by atoms with Crippen LogP contribution in [0.15, 0.2) is 36.5 Å². The minimum absolute atomic E-state index is 0.0408. The number of hydrogen-bond acceptors (Lipinski definition) is 3. The number of aromatic nitrogens is 1. The first-order chi connectivity index (χ1) is 8.89. The van der Waals surface area contributed by atoms with E-state index >= 15 is 0 Å². The Kier molecular flexibility index (Phi) is 3.67. The molecule has 1 aromatic carbocycles. The fraction of sp³-hybridized carbons (Fsp3) is 0.154. The highest BCUT2D eigenvalue weighted by atomic mass is 31.2. The summed E-state index contributed by atoms with van der Waals surface area (Å²) in [6.45, 7) is 3.04. The quantitative estimate of drug-likeness (QED) is 0.693. The second kappa shape index (κ2) is 5.10. The van der Waals surface area contributed by atoms with E-state index in [1.54, 1.807) is 6.07 Å². The molecule has 6 heteroatoms. The lowest BCUT2D eigenvalue weighted by Gasteiger charge is -2.15. The molecule has 0 fully saturated rings. The van der Waals surface area contributed by atoms with Crippen molar-refractivity contribution < 1.29 is 13.3 Å². The van der Waals surface area contributed by atoms with E-state index in [4.69, 9.17) is 0 Å². The zero-order valence-electron chi connectivity index (χ0n) is 10.5. The molecule has 3 nitrogen and oxygen atoms in total. The van der Waals surface area contributed by atoms with Crippen molar-refractivity contribution in [2.75, 3.05) is 18.6 Å². The van der Waals surface area contributed by atoms with Crippen molar-refractivity contribution in [2.24, 2.45) is 0 Å². The minimum Gasteiger partial charge on any atom is -0.349 e. The highest BCUT2D eigenvalue weighted by Gasteiger charge is 2.20. The third-order valence-corrected chi connectivity index (χ3v) is 4.13. The fourth-order valence-electron chi connectivity index (χ4n) is 1.69. The Morgan fingerprint density at radius 1 is 1.16 bits per heavy atom. The van der Waals surface area contributed by atoms with Gasteiger partial charge in [0.05, 0.1) is 5.69 Å². The first kappa shape index (κ1) is 13.7. The van der Waals surface area contributed by atoms with Gasteiger partial charge in [-0.2, -0.15) is 4.39 Å². The van der Waals surface area contributed by atoms with Crippen LogP contribution < -0.4 is 10.6 Å². The van der Waals surface area contributed by atoms with Crippen molar-refractivity contribution >= 4 is 23.8 Å². The van der Waals surface area contributed by atoms with Crippen LogP contribution in [0.4, 0.5) is 20.2 Å². The molecule has 0 saturated carbocycles. The second-order valence-corrected chi connectivity index (χ2v) is 7.64. The van der Waals surface area contributed by atoms with Crippen molar-refractivity contribution in [3.8, 4) is 0 Å². The number of halogens is 2. The average Bonchev–Trinajstić information content (AvgIpc) is 2.33. The topological polar surface area (TPSA) is 42.0 Å². The van der Waals surface area contributed by atoms with Crippen molar-refractivity contribution in [1.82, 2.24) is 4.98 Å². The summed E-state index contributed by atoms with van der Waals surface area (Å²) in [5.41, 5.74) is 0.0741. The molecule has 0 atom stereocenters. The Bertz CT molecular complexity index is 655. The second-order valence-electron chi connectivity index (χ2n) is 4.45. The van der Waals surface area contributed by atoms with Gasteiger partial charge in [0.2, 0.25) is 5.95 Å². The molecule has 2 aromatic rings. The maximum absolute atomic E-state index is 13.8. The molecule has 0 aliphatic rings. The zero-order valence-corrected chi connectivity index (χ0v) is 11.4. The number of nitrogens with zero attached hydrogens (tertiary/aromatic N) is 1. The molecule has 0 aliphatic heterocycles. The van der Waals surface area contributed by atoms with Gasteiger partial charge in [0.15, 0.2) is 0 Å². The predicted octanol–water partition coefficient (Wildman–Crippen LogP) is 3.35. The minimum atomic E-state index is -2.70. The van der Waals surface area contributed by atoms with Gasteiger partial charge in [-0.25, -0.2) is 9.37 Å². The predicted molar refractivity (Wildman–Crippen MR) is 73.0 cm³/mol. The number of hydrogen-bond donors (Lipinski definition) is 1. The summed E-state index contributed by atoms with van der Waals surface area (Å²) >= 11 is 0. The molecule has 2 rings (SSSR count). The summed E-state index contributed by atoms with van der Waals surface area (Å²) in [5, 5.41) is 2.94. The number of anilines is 2.